The third-order valence-corrected chi connectivity index (χ3v) is 3.11. The van der Waals surface area contributed by atoms with Crippen LogP contribution < -0.4 is 0 Å². The molecule has 7 nitrogen and oxygen atoms in total. The molecule has 23 heavy (non-hydrogen) atoms. The molecule has 0 bridgehead atoms. The predicted molar refractivity (Wildman–Crippen MR) is 80.2 cm³/mol. The van der Waals surface area contributed by atoms with Crippen molar-refractivity contribution in [1.29, 1.82) is 0 Å². The van der Waals surface area contributed by atoms with Crippen LogP contribution in [0.25, 0.3) is 0 Å². The zero-order valence-electron chi connectivity index (χ0n) is 13.4. The molecule has 1 aliphatic heterocycles. The smallest absolute Gasteiger partial charge is 0.331 e. The van der Waals surface area contributed by atoms with Crippen molar-refractivity contribution in [3.8, 4) is 0 Å². The van der Waals surface area contributed by atoms with E-state index in [4.69, 9.17) is 14.2 Å². The van der Waals surface area contributed by atoms with Gasteiger partial charge in [0, 0.05) is 19.4 Å². The van der Waals surface area contributed by atoms with Crippen molar-refractivity contribution in [3.05, 3.63) is 24.3 Å². The standard InChI is InChI=1S/C16H22O7/c1-4-5-14(18)23-13-7-6-10(2)21-15(19)9-8-12(16(13)20)22-11(3)17/h4-7,10,12-13,16,20H,8-9H2,1-3H3/b5-4+,7-6-/t10-,12-,13-,16-/m1/s1. The summed E-state index contributed by atoms with van der Waals surface area (Å²) < 4.78 is 15.3. The summed E-state index contributed by atoms with van der Waals surface area (Å²) in [5.41, 5.74) is 0. The number of ether oxygens (including phenoxy) is 3. The molecule has 0 amide bonds. The van der Waals surface area contributed by atoms with Gasteiger partial charge in [0.25, 0.3) is 0 Å². The van der Waals surface area contributed by atoms with Crippen LogP contribution in [-0.4, -0.2) is 47.4 Å². The number of allylic oxidation sites excluding steroid dienone is 1. The van der Waals surface area contributed by atoms with Crippen LogP contribution >= 0.6 is 0 Å². The van der Waals surface area contributed by atoms with Crippen LogP contribution in [0.2, 0.25) is 0 Å². The van der Waals surface area contributed by atoms with Gasteiger partial charge in [-0.1, -0.05) is 6.08 Å². The van der Waals surface area contributed by atoms with Gasteiger partial charge in [0.05, 0.1) is 0 Å². The first-order valence-electron chi connectivity index (χ1n) is 7.40. The Morgan fingerprint density at radius 3 is 2.65 bits per heavy atom. The van der Waals surface area contributed by atoms with Gasteiger partial charge in [0.2, 0.25) is 0 Å². The lowest BCUT2D eigenvalue weighted by Crippen LogP contribution is -2.42. The first kappa shape index (κ1) is 18.9. The molecule has 1 heterocycles. The molecule has 0 saturated heterocycles. The van der Waals surface area contributed by atoms with Gasteiger partial charge in [0.1, 0.15) is 24.4 Å². The van der Waals surface area contributed by atoms with Crippen molar-refractivity contribution in [2.75, 3.05) is 0 Å². The van der Waals surface area contributed by atoms with E-state index in [-0.39, 0.29) is 12.8 Å². The summed E-state index contributed by atoms with van der Waals surface area (Å²) in [6.07, 6.45) is 1.86. The highest BCUT2D eigenvalue weighted by Crippen LogP contribution is 2.18. The predicted octanol–water partition coefficient (Wildman–Crippen LogP) is 1.05. The van der Waals surface area contributed by atoms with Crippen LogP contribution in [0.15, 0.2) is 24.3 Å². The molecule has 0 aromatic heterocycles. The van der Waals surface area contributed by atoms with E-state index in [1.165, 1.54) is 31.2 Å². The first-order chi connectivity index (χ1) is 10.8. The zero-order valence-corrected chi connectivity index (χ0v) is 13.4. The fraction of sp³-hybridized carbons (Fsp3) is 0.562. The van der Waals surface area contributed by atoms with Crippen LogP contribution in [0, 0.1) is 0 Å². The summed E-state index contributed by atoms with van der Waals surface area (Å²) in [6, 6.07) is 0. The number of rotatable bonds is 3. The molecule has 0 radical (unpaired) electrons. The van der Waals surface area contributed by atoms with Crippen molar-refractivity contribution < 1.29 is 33.7 Å². The minimum Gasteiger partial charge on any atom is -0.460 e. The topological polar surface area (TPSA) is 99.1 Å². The molecule has 0 aromatic carbocycles. The second-order valence-corrected chi connectivity index (χ2v) is 5.16. The van der Waals surface area contributed by atoms with E-state index >= 15 is 0 Å². The molecule has 128 valence electrons. The summed E-state index contributed by atoms with van der Waals surface area (Å²) >= 11 is 0. The van der Waals surface area contributed by atoms with E-state index in [1.807, 2.05) is 0 Å². The lowest BCUT2D eigenvalue weighted by molar-refractivity contribution is -0.165. The third kappa shape index (κ3) is 6.65. The molecule has 0 fully saturated rings. The quantitative estimate of drug-likeness (QED) is 0.358. The molecule has 1 rings (SSSR count). The first-order valence-corrected chi connectivity index (χ1v) is 7.40. The van der Waals surface area contributed by atoms with Gasteiger partial charge in [-0.15, -0.1) is 0 Å². The Balaban J connectivity index is 3.01. The molecule has 1 aliphatic rings. The maximum atomic E-state index is 11.6. The number of aliphatic hydroxyl groups excluding tert-OH is 1. The minimum atomic E-state index is -1.29. The Kier molecular flexibility index (Phi) is 7.47. The Morgan fingerprint density at radius 2 is 2.04 bits per heavy atom. The van der Waals surface area contributed by atoms with Gasteiger partial charge in [-0.25, -0.2) is 4.79 Å². The molecule has 7 heteroatoms. The molecule has 0 aliphatic carbocycles. The summed E-state index contributed by atoms with van der Waals surface area (Å²) in [4.78, 5) is 34.4. The van der Waals surface area contributed by atoms with Crippen molar-refractivity contribution in [3.63, 3.8) is 0 Å². The van der Waals surface area contributed by atoms with Gasteiger partial charge in [-0.05, 0) is 32.4 Å². The molecule has 0 unspecified atom stereocenters. The average molecular weight is 326 g/mol. The second-order valence-electron chi connectivity index (χ2n) is 5.16. The highest BCUT2D eigenvalue weighted by molar-refractivity contribution is 5.82. The normalized spacial score (nSPS) is 30.3. The Labute approximate surface area is 134 Å². The van der Waals surface area contributed by atoms with Crippen LogP contribution in [0.3, 0.4) is 0 Å². The van der Waals surface area contributed by atoms with E-state index in [9.17, 15) is 19.5 Å². The van der Waals surface area contributed by atoms with Gasteiger partial charge >= 0.3 is 17.9 Å². The van der Waals surface area contributed by atoms with Crippen LogP contribution in [0.1, 0.15) is 33.6 Å². The van der Waals surface area contributed by atoms with E-state index in [2.05, 4.69) is 0 Å². The summed E-state index contributed by atoms with van der Waals surface area (Å²) in [6.45, 7) is 4.50. The summed E-state index contributed by atoms with van der Waals surface area (Å²) in [7, 11) is 0. The highest BCUT2D eigenvalue weighted by Gasteiger charge is 2.32. The Morgan fingerprint density at radius 1 is 1.35 bits per heavy atom. The SMILES string of the molecule is C/C=C/C(=O)O[C@@H]1/C=C\[C@@H](C)OC(=O)CC[C@@H](OC(C)=O)[C@H]1O. The average Bonchev–Trinajstić information content (AvgIpc) is 2.46. The van der Waals surface area contributed by atoms with Crippen molar-refractivity contribution in [2.45, 2.75) is 58.0 Å². The zero-order chi connectivity index (χ0) is 17.4. The summed E-state index contributed by atoms with van der Waals surface area (Å²) in [5, 5.41) is 10.4. The van der Waals surface area contributed by atoms with Gasteiger partial charge in [0.15, 0.2) is 0 Å². The number of cyclic esters (lactones) is 1. The van der Waals surface area contributed by atoms with Crippen LogP contribution in [0.5, 0.6) is 0 Å². The number of hydrogen-bond acceptors (Lipinski definition) is 7. The van der Waals surface area contributed by atoms with Gasteiger partial charge < -0.3 is 19.3 Å². The Hall–Kier alpha value is -2.15. The maximum absolute atomic E-state index is 11.6. The maximum Gasteiger partial charge on any atom is 0.331 e. The van der Waals surface area contributed by atoms with Crippen molar-refractivity contribution in [2.24, 2.45) is 0 Å². The number of aliphatic hydroxyl groups is 1. The van der Waals surface area contributed by atoms with Gasteiger partial charge in [-0.3, -0.25) is 9.59 Å². The van der Waals surface area contributed by atoms with Crippen LogP contribution in [-0.2, 0) is 28.6 Å². The molecule has 1 N–H and O–H groups in total. The van der Waals surface area contributed by atoms with E-state index in [1.54, 1.807) is 13.8 Å². The molecular formula is C16H22O7. The fourth-order valence-corrected chi connectivity index (χ4v) is 2.09. The van der Waals surface area contributed by atoms with Gasteiger partial charge in [-0.2, -0.15) is 0 Å². The number of carbonyl (C=O) groups is 3. The van der Waals surface area contributed by atoms with Crippen molar-refractivity contribution >= 4 is 17.9 Å². The van der Waals surface area contributed by atoms with Crippen molar-refractivity contribution in [1.82, 2.24) is 0 Å². The number of carbonyl (C=O) groups excluding carboxylic acids is 3. The van der Waals surface area contributed by atoms with Crippen LogP contribution in [0.4, 0.5) is 0 Å². The lowest BCUT2D eigenvalue weighted by Gasteiger charge is -2.28. The molecule has 0 aromatic rings. The monoisotopic (exact) mass is 326 g/mol. The fourth-order valence-electron chi connectivity index (χ4n) is 2.09. The lowest BCUT2D eigenvalue weighted by atomic mass is 10.0. The highest BCUT2D eigenvalue weighted by atomic mass is 16.6. The Bertz CT molecular complexity index is 495. The number of hydrogen-bond donors (Lipinski definition) is 1. The minimum absolute atomic E-state index is 0.0251. The van der Waals surface area contributed by atoms with E-state index in [0.29, 0.717) is 0 Å². The molecule has 0 spiro atoms. The second kappa shape index (κ2) is 9.09. The number of esters is 3. The molecule has 0 saturated carbocycles. The van der Waals surface area contributed by atoms with E-state index < -0.39 is 42.3 Å². The largest absolute Gasteiger partial charge is 0.460 e. The summed E-state index contributed by atoms with van der Waals surface area (Å²) in [5.74, 6) is -1.70. The molecule has 4 atom stereocenters. The third-order valence-electron chi connectivity index (χ3n) is 3.11. The van der Waals surface area contributed by atoms with E-state index in [0.717, 1.165) is 0 Å². The molecular weight excluding hydrogens is 304 g/mol.